The lowest BCUT2D eigenvalue weighted by Crippen LogP contribution is -2.31. The molecule has 2 rings (SSSR count). The van der Waals surface area contributed by atoms with E-state index in [1.54, 1.807) is 7.11 Å². The number of rotatable bonds is 3. The van der Waals surface area contributed by atoms with Crippen molar-refractivity contribution in [1.29, 1.82) is 0 Å². The van der Waals surface area contributed by atoms with E-state index in [1.165, 1.54) is 19.3 Å². The minimum absolute atomic E-state index is 0.143. The van der Waals surface area contributed by atoms with Crippen molar-refractivity contribution in [3.05, 3.63) is 5.82 Å². The maximum absolute atomic E-state index is 6.16. The van der Waals surface area contributed by atoms with E-state index in [0.29, 0.717) is 29.3 Å². The molecule has 3 N–H and O–H groups in total. The molecule has 1 aliphatic rings. The van der Waals surface area contributed by atoms with Gasteiger partial charge in [-0.25, -0.2) is 4.98 Å². The van der Waals surface area contributed by atoms with Gasteiger partial charge in [0.05, 0.1) is 7.11 Å². The number of methoxy groups -OCH3 is 1. The number of anilines is 2. The molecular weight excluding hydrogens is 264 g/mol. The van der Waals surface area contributed by atoms with Crippen LogP contribution in [0.1, 0.15) is 59.2 Å². The van der Waals surface area contributed by atoms with Crippen molar-refractivity contribution in [3.63, 3.8) is 0 Å². The predicted molar refractivity (Wildman–Crippen MR) is 86.7 cm³/mol. The highest BCUT2D eigenvalue weighted by molar-refractivity contribution is 5.67. The van der Waals surface area contributed by atoms with Gasteiger partial charge in [-0.15, -0.1) is 0 Å². The van der Waals surface area contributed by atoms with Crippen LogP contribution in [0.4, 0.5) is 11.5 Å². The van der Waals surface area contributed by atoms with Crippen molar-refractivity contribution in [3.8, 4) is 5.88 Å². The molecule has 1 heterocycles. The summed E-state index contributed by atoms with van der Waals surface area (Å²) < 4.78 is 5.32. The maximum Gasteiger partial charge on any atom is 0.242 e. The molecule has 21 heavy (non-hydrogen) atoms. The number of ether oxygens (including phenoxy) is 1. The summed E-state index contributed by atoms with van der Waals surface area (Å²) >= 11 is 0. The molecule has 0 aromatic carbocycles. The van der Waals surface area contributed by atoms with E-state index in [1.807, 2.05) is 0 Å². The van der Waals surface area contributed by atoms with Gasteiger partial charge in [-0.05, 0) is 18.8 Å². The average molecular weight is 292 g/mol. The molecular formula is C16H28N4O. The fourth-order valence-electron chi connectivity index (χ4n) is 2.76. The van der Waals surface area contributed by atoms with E-state index in [9.17, 15) is 0 Å². The minimum atomic E-state index is -0.143. The second kappa shape index (κ2) is 6.08. The van der Waals surface area contributed by atoms with Gasteiger partial charge in [-0.2, -0.15) is 4.98 Å². The molecule has 5 nitrogen and oxygen atoms in total. The molecule has 118 valence electrons. The van der Waals surface area contributed by atoms with Gasteiger partial charge in [0.15, 0.2) is 5.82 Å². The van der Waals surface area contributed by atoms with E-state index in [4.69, 9.17) is 10.5 Å². The Morgan fingerprint density at radius 1 is 1.19 bits per heavy atom. The molecule has 1 aromatic heterocycles. The molecule has 1 aromatic rings. The SMILES string of the molecule is COc1nc(C(C)(C)C)nc(NC2CCCCC2C)c1N. The van der Waals surface area contributed by atoms with Crippen LogP contribution in [0.25, 0.3) is 0 Å². The Bertz CT molecular complexity index is 496. The van der Waals surface area contributed by atoms with E-state index in [0.717, 1.165) is 12.2 Å². The molecule has 2 unspecified atom stereocenters. The van der Waals surface area contributed by atoms with Gasteiger partial charge < -0.3 is 15.8 Å². The van der Waals surface area contributed by atoms with Gasteiger partial charge in [0, 0.05) is 11.5 Å². The summed E-state index contributed by atoms with van der Waals surface area (Å²) in [7, 11) is 1.60. The van der Waals surface area contributed by atoms with Crippen molar-refractivity contribution in [2.45, 2.75) is 64.8 Å². The van der Waals surface area contributed by atoms with Crippen molar-refractivity contribution in [2.24, 2.45) is 5.92 Å². The van der Waals surface area contributed by atoms with E-state index in [-0.39, 0.29) is 5.41 Å². The van der Waals surface area contributed by atoms with Crippen LogP contribution in [0, 0.1) is 5.92 Å². The Hall–Kier alpha value is -1.52. The molecule has 0 bridgehead atoms. The molecule has 0 saturated heterocycles. The summed E-state index contributed by atoms with van der Waals surface area (Å²) in [4.78, 5) is 9.09. The third-order valence-corrected chi connectivity index (χ3v) is 4.21. The zero-order valence-electron chi connectivity index (χ0n) is 13.9. The molecule has 0 aliphatic heterocycles. The van der Waals surface area contributed by atoms with Crippen LogP contribution in [0.3, 0.4) is 0 Å². The van der Waals surface area contributed by atoms with Crippen molar-refractivity contribution in [2.75, 3.05) is 18.2 Å². The molecule has 0 amide bonds. The molecule has 2 atom stereocenters. The first-order valence-corrected chi connectivity index (χ1v) is 7.81. The molecule has 0 radical (unpaired) electrons. The number of aromatic nitrogens is 2. The first kappa shape index (κ1) is 15.9. The van der Waals surface area contributed by atoms with Gasteiger partial charge in [-0.1, -0.05) is 40.5 Å². The fourth-order valence-corrected chi connectivity index (χ4v) is 2.76. The zero-order valence-corrected chi connectivity index (χ0v) is 13.9. The lowest BCUT2D eigenvalue weighted by molar-refractivity contribution is 0.348. The van der Waals surface area contributed by atoms with Crippen molar-refractivity contribution >= 4 is 11.5 Å². The zero-order chi connectivity index (χ0) is 15.6. The highest BCUT2D eigenvalue weighted by atomic mass is 16.5. The van der Waals surface area contributed by atoms with Crippen LogP contribution < -0.4 is 15.8 Å². The molecule has 1 aliphatic carbocycles. The van der Waals surface area contributed by atoms with Crippen LogP contribution in [0.5, 0.6) is 5.88 Å². The second-order valence-corrected chi connectivity index (χ2v) is 7.08. The van der Waals surface area contributed by atoms with Crippen LogP contribution in [0.15, 0.2) is 0 Å². The summed E-state index contributed by atoms with van der Waals surface area (Å²) in [5.41, 5.74) is 6.52. The number of nitrogens with one attached hydrogen (secondary N) is 1. The second-order valence-electron chi connectivity index (χ2n) is 7.08. The largest absolute Gasteiger partial charge is 0.479 e. The Labute approximate surface area is 127 Å². The number of nitrogen functional groups attached to an aromatic ring is 1. The minimum Gasteiger partial charge on any atom is -0.479 e. The van der Waals surface area contributed by atoms with Crippen molar-refractivity contribution in [1.82, 2.24) is 9.97 Å². The van der Waals surface area contributed by atoms with E-state index in [2.05, 4.69) is 43.0 Å². The van der Waals surface area contributed by atoms with Gasteiger partial charge in [0.2, 0.25) is 5.88 Å². The van der Waals surface area contributed by atoms with E-state index < -0.39 is 0 Å². The number of nitrogens with zero attached hydrogens (tertiary/aromatic N) is 2. The summed E-state index contributed by atoms with van der Waals surface area (Å²) in [5.74, 6) is 2.56. The van der Waals surface area contributed by atoms with Gasteiger partial charge in [-0.3, -0.25) is 0 Å². The lowest BCUT2D eigenvalue weighted by atomic mass is 9.86. The first-order valence-electron chi connectivity index (χ1n) is 7.81. The Kier molecular flexibility index (Phi) is 4.59. The number of hydrogen-bond acceptors (Lipinski definition) is 5. The topological polar surface area (TPSA) is 73.1 Å². The fraction of sp³-hybridized carbons (Fsp3) is 0.750. The number of hydrogen-bond donors (Lipinski definition) is 2. The maximum atomic E-state index is 6.16. The third-order valence-electron chi connectivity index (χ3n) is 4.21. The van der Waals surface area contributed by atoms with Gasteiger partial charge in [0.1, 0.15) is 11.5 Å². The monoisotopic (exact) mass is 292 g/mol. The van der Waals surface area contributed by atoms with Gasteiger partial charge in [0.25, 0.3) is 0 Å². The van der Waals surface area contributed by atoms with Crippen molar-refractivity contribution < 1.29 is 4.74 Å². The van der Waals surface area contributed by atoms with Crippen LogP contribution >= 0.6 is 0 Å². The summed E-state index contributed by atoms with van der Waals surface area (Å²) in [6.07, 6.45) is 5.00. The highest BCUT2D eigenvalue weighted by Crippen LogP contribution is 2.33. The van der Waals surface area contributed by atoms with Crippen LogP contribution in [-0.4, -0.2) is 23.1 Å². The Morgan fingerprint density at radius 2 is 1.86 bits per heavy atom. The molecule has 5 heteroatoms. The van der Waals surface area contributed by atoms with Crippen LogP contribution in [-0.2, 0) is 5.41 Å². The van der Waals surface area contributed by atoms with Gasteiger partial charge >= 0.3 is 0 Å². The predicted octanol–water partition coefficient (Wildman–Crippen LogP) is 3.36. The van der Waals surface area contributed by atoms with E-state index >= 15 is 0 Å². The normalized spacial score (nSPS) is 22.9. The average Bonchev–Trinajstić information content (AvgIpc) is 2.42. The summed E-state index contributed by atoms with van der Waals surface area (Å²) in [6.45, 7) is 8.55. The highest BCUT2D eigenvalue weighted by Gasteiger charge is 2.26. The Morgan fingerprint density at radius 3 is 2.43 bits per heavy atom. The lowest BCUT2D eigenvalue weighted by Gasteiger charge is -2.31. The van der Waals surface area contributed by atoms with Crippen LogP contribution in [0.2, 0.25) is 0 Å². The number of nitrogens with two attached hydrogens (primary N) is 1. The molecule has 1 saturated carbocycles. The Balaban J connectivity index is 2.33. The molecule has 1 fully saturated rings. The quantitative estimate of drug-likeness (QED) is 0.893. The first-order chi connectivity index (χ1) is 9.82. The standard InChI is InChI=1S/C16H28N4O/c1-10-8-6-7-9-11(10)18-13-12(17)14(21-5)20-15(19-13)16(2,3)4/h10-11H,6-9,17H2,1-5H3,(H,18,19,20). The summed E-state index contributed by atoms with van der Waals surface area (Å²) in [6, 6.07) is 0.425. The molecule has 0 spiro atoms. The third kappa shape index (κ3) is 3.57. The summed E-state index contributed by atoms with van der Waals surface area (Å²) in [5, 5.41) is 3.53. The smallest absolute Gasteiger partial charge is 0.242 e.